The molecule has 23 heavy (non-hydrogen) atoms. The van der Waals surface area contributed by atoms with E-state index >= 15 is 0 Å². The van der Waals surface area contributed by atoms with E-state index in [9.17, 15) is 5.11 Å². The van der Waals surface area contributed by atoms with Crippen LogP contribution in [0.15, 0.2) is 44.4 Å². The number of hydrazone groups is 1. The first kappa shape index (κ1) is 17.9. The number of hydrogen-bond acceptors (Lipinski definition) is 3. The molecule has 0 saturated carbocycles. The van der Waals surface area contributed by atoms with Crippen LogP contribution in [0.3, 0.4) is 0 Å². The Morgan fingerprint density at radius 1 is 1.26 bits per heavy atom. The number of phenolic OH excluding ortho intramolecular Hbond substituents is 1. The van der Waals surface area contributed by atoms with Gasteiger partial charge in [-0.1, -0.05) is 28.1 Å². The lowest BCUT2D eigenvalue weighted by Crippen LogP contribution is -2.24. The second-order valence-electron chi connectivity index (χ2n) is 4.90. The fourth-order valence-corrected chi connectivity index (χ4v) is 3.30. The molecule has 0 atom stereocenters. The normalized spacial score (nSPS) is 10.8. The molecule has 120 valence electrons. The number of rotatable bonds is 3. The van der Waals surface area contributed by atoms with Crippen LogP contribution in [0.4, 0.5) is 5.69 Å². The van der Waals surface area contributed by atoms with Gasteiger partial charge in [0.15, 0.2) is 5.11 Å². The Balaban J connectivity index is 2.03. The van der Waals surface area contributed by atoms with E-state index in [1.807, 2.05) is 32.0 Å². The zero-order valence-electron chi connectivity index (χ0n) is 12.5. The van der Waals surface area contributed by atoms with E-state index in [0.29, 0.717) is 15.1 Å². The SMILES string of the molecule is Cc1cccc(NC(=S)N/N=C/c2cc(Br)cc(Br)c2O)c1C. The predicted octanol–water partition coefficient (Wildman–Crippen LogP) is 4.85. The van der Waals surface area contributed by atoms with Crippen molar-refractivity contribution >= 4 is 61.1 Å². The summed E-state index contributed by atoms with van der Waals surface area (Å²) in [4.78, 5) is 0. The van der Waals surface area contributed by atoms with Gasteiger partial charge in [0.25, 0.3) is 0 Å². The van der Waals surface area contributed by atoms with Gasteiger partial charge in [0.2, 0.25) is 0 Å². The van der Waals surface area contributed by atoms with Crippen molar-refractivity contribution in [2.45, 2.75) is 13.8 Å². The molecule has 2 aromatic rings. The first-order valence-electron chi connectivity index (χ1n) is 6.72. The molecule has 3 N–H and O–H groups in total. The van der Waals surface area contributed by atoms with Gasteiger partial charge in [0.1, 0.15) is 5.75 Å². The van der Waals surface area contributed by atoms with Crippen LogP contribution in [-0.4, -0.2) is 16.4 Å². The fraction of sp³-hybridized carbons (Fsp3) is 0.125. The summed E-state index contributed by atoms with van der Waals surface area (Å²) in [5.74, 6) is 0.118. The molecule has 4 nitrogen and oxygen atoms in total. The highest BCUT2D eigenvalue weighted by Crippen LogP contribution is 2.30. The van der Waals surface area contributed by atoms with Crippen LogP contribution in [0.2, 0.25) is 0 Å². The third-order valence-corrected chi connectivity index (χ3v) is 4.54. The van der Waals surface area contributed by atoms with Crippen LogP contribution in [0, 0.1) is 13.8 Å². The topological polar surface area (TPSA) is 56.7 Å². The van der Waals surface area contributed by atoms with Gasteiger partial charge in [-0.2, -0.15) is 5.10 Å². The van der Waals surface area contributed by atoms with E-state index in [1.165, 1.54) is 11.8 Å². The molecule has 0 radical (unpaired) electrons. The zero-order chi connectivity index (χ0) is 17.0. The number of halogens is 2. The van der Waals surface area contributed by atoms with Gasteiger partial charge in [-0.15, -0.1) is 0 Å². The standard InChI is InChI=1S/C16H15Br2N3OS/c1-9-4-3-5-14(10(9)2)20-16(23)21-19-8-11-6-12(17)7-13(18)15(11)22/h3-8,22H,1-2H3,(H2,20,21,23)/b19-8+. The lowest BCUT2D eigenvalue weighted by Gasteiger charge is -2.11. The van der Waals surface area contributed by atoms with Crippen LogP contribution in [-0.2, 0) is 0 Å². The Hall–Kier alpha value is -1.44. The monoisotopic (exact) mass is 455 g/mol. The van der Waals surface area contributed by atoms with Crippen LogP contribution >= 0.6 is 44.1 Å². The first-order valence-corrected chi connectivity index (χ1v) is 8.72. The minimum atomic E-state index is 0.118. The van der Waals surface area contributed by atoms with Gasteiger partial charge in [-0.25, -0.2) is 0 Å². The molecule has 0 aromatic heterocycles. The average molecular weight is 457 g/mol. The second-order valence-corrected chi connectivity index (χ2v) is 7.08. The Kier molecular flexibility index (Phi) is 6.15. The number of hydrogen-bond donors (Lipinski definition) is 3. The molecule has 7 heteroatoms. The number of aromatic hydroxyl groups is 1. The molecule has 0 bridgehead atoms. The lowest BCUT2D eigenvalue weighted by molar-refractivity contribution is 0.471. The molecule has 0 aliphatic rings. The average Bonchev–Trinajstić information content (AvgIpc) is 2.49. The molecule has 0 spiro atoms. The van der Waals surface area contributed by atoms with Crippen molar-refractivity contribution in [2.24, 2.45) is 5.10 Å². The maximum Gasteiger partial charge on any atom is 0.191 e. The minimum absolute atomic E-state index is 0.118. The number of benzene rings is 2. The van der Waals surface area contributed by atoms with Gasteiger partial charge >= 0.3 is 0 Å². The van der Waals surface area contributed by atoms with E-state index in [-0.39, 0.29) is 5.75 Å². The summed E-state index contributed by atoms with van der Waals surface area (Å²) in [6, 6.07) is 9.48. The predicted molar refractivity (Wildman–Crippen MR) is 106 cm³/mol. The number of thiocarbonyl (C=S) groups is 1. The third kappa shape index (κ3) is 4.76. The molecule has 0 saturated heterocycles. The van der Waals surface area contributed by atoms with Crippen molar-refractivity contribution in [1.82, 2.24) is 5.43 Å². The summed E-state index contributed by atoms with van der Waals surface area (Å²) in [7, 11) is 0. The summed E-state index contributed by atoms with van der Waals surface area (Å²) in [5, 5.41) is 17.5. The smallest absolute Gasteiger partial charge is 0.191 e. The summed E-state index contributed by atoms with van der Waals surface area (Å²) in [6.07, 6.45) is 1.50. The van der Waals surface area contributed by atoms with Gasteiger partial charge in [-0.05, 0) is 71.3 Å². The fourth-order valence-electron chi connectivity index (χ4n) is 1.88. The molecular weight excluding hydrogens is 442 g/mol. The summed E-state index contributed by atoms with van der Waals surface area (Å²) in [6.45, 7) is 4.07. The van der Waals surface area contributed by atoms with Crippen molar-refractivity contribution in [3.8, 4) is 5.75 Å². The number of nitrogens with zero attached hydrogens (tertiary/aromatic N) is 1. The molecule has 2 rings (SSSR count). The Bertz CT molecular complexity index is 778. The van der Waals surface area contributed by atoms with Crippen molar-refractivity contribution in [3.63, 3.8) is 0 Å². The molecule has 0 aliphatic carbocycles. The van der Waals surface area contributed by atoms with Gasteiger partial charge in [-0.3, -0.25) is 5.43 Å². The molecule has 0 unspecified atom stereocenters. The molecule has 0 aliphatic heterocycles. The van der Waals surface area contributed by atoms with Crippen LogP contribution < -0.4 is 10.7 Å². The molecule has 0 fully saturated rings. The maximum atomic E-state index is 9.95. The number of aryl methyl sites for hydroxylation is 1. The summed E-state index contributed by atoms with van der Waals surface area (Å²) >= 11 is 11.9. The second kappa shape index (κ2) is 7.90. The van der Waals surface area contributed by atoms with E-state index in [0.717, 1.165) is 15.7 Å². The summed E-state index contributed by atoms with van der Waals surface area (Å²) < 4.78 is 1.42. The highest BCUT2D eigenvalue weighted by molar-refractivity contribution is 9.11. The van der Waals surface area contributed by atoms with Crippen molar-refractivity contribution in [2.75, 3.05) is 5.32 Å². The zero-order valence-corrected chi connectivity index (χ0v) is 16.5. The maximum absolute atomic E-state index is 9.95. The molecule has 0 heterocycles. The molecule has 2 aromatic carbocycles. The Morgan fingerprint density at radius 3 is 2.74 bits per heavy atom. The Labute approximate surface area is 157 Å². The lowest BCUT2D eigenvalue weighted by atomic mass is 10.1. The van der Waals surface area contributed by atoms with Crippen molar-refractivity contribution < 1.29 is 5.11 Å². The number of phenols is 1. The third-order valence-electron chi connectivity index (χ3n) is 3.28. The van der Waals surface area contributed by atoms with Crippen LogP contribution in [0.5, 0.6) is 5.75 Å². The molecular formula is C16H15Br2N3OS. The summed E-state index contributed by atoms with van der Waals surface area (Å²) in [5.41, 5.74) is 6.56. The van der Waals surface area contributed by atoms with Crippen LogP contribution in [0.25, 0.3) is 0 Å². The van der Waals surface area contributed by atoms with Crippen molar-refractivity contribution in [1.29, 1.82) is 0 Å². The van der Waals surface area contributed by atoms with E-state index in [4.69, 9.17) is 12.2 Å². The number of anilines is 1. The Morgan fingerprint density at radius 2 is 2.00 bits per heavy atom. The highest BCUT2D eigenvalue weighted by atomic mass is 79.9. The van der Waals surface area contributed by atoms with Crippen molar-refractivity contribution in [3.05, 3.63) is 56.0 Å². The quantitative estimate of drug-likeness (QED) is 0.351. The molecule has 0 amide bonds. The van der Waals surface area contributed by atoms with E-state index in [1.54, 1.807) is 12.1 Å². The van der Waals surface area contributed by atoms with Crippen LogP contribution in [0.1, 0.15) is 16.7 Å². The minimum Gasteiger partial charge on any atom is -0.506 e. The highest BCUT2D eigenvalue weighted by Gasteiger charge is 2.06. The van der Waals surface area contributed by atoms with E-state index < -0.39 is 0 Å². The van der Waals surface area contributed by atoms with Gasteiger partial charge in [0, 0.05) is 15.7 Å². The largest absolute Gasteiger partial charge is 0.506 e. The van der Waals surface area contributed by atoms with E-state index in [2.05, 4.69) is 47.7 Å². The van der Waals surface area contributed by atoms with Gasteiger partial charge < -0.3 is 10.4 Å². The number of nitrogens with one attached hydrogen (secondary N) is 2. The first-order chi connectivity index (χ1) is 10.9. The van der Waals surface area contributed by atoms with Gasteiger partial charge in [0.05, 0.1) is 10.7 Å².